The van der Waals surface area contributed by atoms with Crippen molar-refractivity contribution in [1.82, 2.24) is 0 Å². The van der Waals surface area contributed by atoms with E-state index in [0.717, 1.165) is 17.0 Å². The van der Waals surface area contributed by atoms with Crippen LogP contribution >= 0.6 is 0 Å². The van der Waals surface area contributed by atoms with Gasteiger partial charge in [0.25, 0.3) is 0 Å². The molecule has 0 spiro atoms. The largest absolute Gasteiger partial charge is 0.486 e. The zero-order valence-corrected chi connectivity index (χ0v) is 26.3. The summed E-state index contributed by atoms with van der Waals surface area (Å²) in [6, 6.07) is 12.3. The van der Waals surface area contributed by atoms with Crippen LogP contribution in [0.1, 0.15) is 75.3 Å². The molecule has 2 N–H and O–H groups in total. The minimum absolute atomic E-state index is 0.0340. The third-order valence-electron chi connectivity index (χ3n) is 8.16. The summed E-state index contributed by atoms with van der Waals surface area (Å²) in [7, 11) is 0. The quantitative estimate of drug-likeness (QED) is 0.113. The first-order valence-electron chi connectivity index (χ1n) is 15.7. The van der Waals surface area contributed by atoms with Gasteiger partial charge in [0.05, 0.1) is 24.4 Å². The van der Waals surface area contributed by atoms with Crippen molar-refractivity contribution in [2.75, 3.05) is 39.6 Å². The van der Waals surface area contributed by atoms with Gasteiger partial charge in [-0.3, -0.25) is 0 Å². The summed E-state index contributed by atoms with van der Waals surface area (Å²) in [6.45, 7) is 10.4. The molecule has 8 heteroatoms. The molecule has 0 atom stereocenters. The number of carbonyl (C=O) groups is 2. The zero-order chi connectivity index (χ0) is 31.9. The highest BCUT2D eigenvalue weighted by molar-refractivity contribution is 5.88. The van der Waals surface area contributed by atoms with Crippen molar-refractivity contribution in [2.45, 2.75) is 71.1 Å². The normalized spacial score (nSPS) is 16.2. The summed E-state index contributed by atoms with van der Waals surface area (Å²) in [4.78, 5) is 23.6. The predicted octanol–water partition coefficient (Wildman–Crippen LogP) is 6.46. The standard InChI is InChI=1S/C36H48O8/c1-5-6-7-8-28-9-11-29(12-10-28)32-15-13-30(21-25(32)2)31-14-16-33(41-17-19-43-35(39)26(3)23-37)34(22-31)42-18-20-44-36(40)27(4)24-38/h13-16,21-22,28-29,37-38H,3-12,17-20,23-24H2,1-2H3. The highest BCUT2D eigenvalue weighted by atomic mass is 16.6. The number of aryl methyl sites for hydroxylation is 1. The van der Waals surface area contributed by atoms with E-state index in [9.17, 15) is 9.59 Å². The van der Waals surface area contributed by atoms with E-state index in [0.29, 0.717) is 17.4 Å². The van der Waals surface area contributed by atoms with Crippen LogP contribution < -0.4 is 9.47 Å². The van der Waals surface area contributed by atoms with Crippen LogP contribution in [-0.4, -0.2) is 61.8 Å². The van der Waals surface area contributed by atoms with Crippen LogP contribution in [0.15, 0.2) is 60.7 Å². The van der Waals surface area contributed by atoms with Gasteiger partial charge in [0.1, 0.15) is 26.4 Å². The molecule has 0 aromatic heterocycles. The van der Waals surface area contributed by atoms with Crippen molar-refractivity contribution in [1.29, 1.82) is 0 Å². The molecule has 2 aromatic rings. The number of unbranched alkanes of at least 4 members (excludes halogenated alkanes) is 2. The molecule has 0 unspecified atom stereocenters. The smallest absolute Gasteiger partial charge is 0.335 e. The van der Waals surface area contributed by atoms with Gasteiger partial charge in [-0.1, -0.05) is 70.0 Å². The summed E-state index contributed by atoms with van der Waals surface area (Å²) in [5, 5.41) is 18.1. The van der Waals surface area contributed by atoms with Gasteiger partial charge in [-0.05, 0) is 78.8 Å². The minimum Gasteiger partial charge on any atom is -0.486 e. The number of aliphatic hydroxyl groups is 2. The van der Waals surface area contributed by atoms with E-state index < -0.39 is 25.2 Å². The maximum atomic E-state index is 11.8. The van der Waals surface area contributed by atoms with Gasteiger partial charge >= 0.3 is 11.9 Å². The number of carbonyl (C=O) groups excluding carboxylic acids is 2. The summed E-state index contributed by atoms with van der Waals surface area (Å²) in [6.07, 6.45) is 10.5. The van der Waals surface area contributed by atoms with Crippen LogP contribution in [0.2, 0.25) is 0 Å². The molecule has 0 heterocycles. The Morgan fingerprint density at radius 2 is 1.34 bits per heavy atom. The van der Waals surface area contributed by atoms with E-state index in [1.165, 1.54) is 62.5 Å². The third-order valence-corrected chi connectivity index (χ3v) is 8.16. The average molecular weight is 609 g/mol. The first-order valence-corrected chi connectivity index (χ1v) is 15.7. The molecule has 0 radical (unpaired) electrons. The van der Waals surface area contributed by atoms with Gasteiger partial charge in [0, 0.05) is 0 Å². The maximum Gasteiger partial charge on any atom is 0.335 e. The first-order chi connectivity index (χ1) is 21.3. The highest BCUT2D eigenvalue weighted by Crippen LogP contribution is 2.40. The van der Waals surface area contributed by atoms with Crippen LogP contribution in [0.3, 0.4) is 0 Å². The van der Waals surface area contributed by atoms with E-state index in [-0.39, 0.29) is 37.6 Å². The SMILES string of the molecule is C=C(CO)C(=O)OCCOc1ccc(-c2ccc(C3CCC(CCCCC)CC3)c(C)c2)cc1OCCOC(=O)C(=C)CO. The average Bonchev–Trinajstić information content (AvgIpc) is 3.04. The Hall–Kier alpha value is -3.62. The second kappa shape index (κ2) is 18.2. The fourth-order valence-electron chi connectivity index (χ4n) is 5.58. The van der Waals surface area contributed by atoms with Crippen molar-refractivity contribution in [3.63, 3.8) is 0 Å². The fraction of sp³-hybridized carbons (Fsp3) is 0.500. The third kappa shape index (κ3) is 10.5. The molecule has 1 aliphatic rings. The molecule has 44 heavy (non-hydrogen) atoms. The van der Waals surface area contributed by atoms with Crippen molar-refractivity contribution < 1.29 is 38.7 Å². The van der Waals surface area contributed by atoms with Crippen LogP contribution in [0.25, 0.3) is 11.1 Å². The lowest BCUT2D eigenvalue weighted by molar-refractivity contribution is -0.141. The van der Waals surface area contributed by atoms with Gasteiger partial charge < -0.3 is 29.2 Å². The maximum absolute atomic E-state index is 11.8. The van der Waals surface area contributed by atoms with Crippen molar-refractivity contribution in [3.8, 4) is 22.6 Å². The predicted molar refractivity (Wildman–Crippen MR) is 171 cm³/mol. The summed E-state index contributed by atoms with van der Waals surface area (Å²) < 4.78 is 21.9. The van der Waals surface area contributed by atoms with E-state index in [1.54, 1.807) is 6.07 Å². The number of benzene rings is 2. The Labute approximate surface area is 261 Å². The van der Waals surface area contributed by atoms with Crippen molar-refractivity contribution in [3.05, 3.63) is 71.8 Å². The summed E-state index contributed by atoms with van der Waals surface area (Å²) in [5.41, 5.74) is 4.64. The molecule has 0 aliphatic heterocycles. The lowest BCUT2D eigenvalue weighted by atomic mass is 9.76. The first kappa shape index (κ1) is 34.9. The number of ether oxygens (including phenoxy) is 4. The van der Waals surface area contributed by atoms with E-state index in [2.05, 4.69) is 45.2 Å². The molecule has 0 saturated heterocycles. The van der Waals surface area contributed by atoms with Crippen LogP contribution in [0.5, 0.6) is 11.5 Å². The van der Waals surface area contributed by atoms with Gasteiger partial charge in [-0.15, -0.1) is 0 Å². The second-order valence-electron chi connectivity index (χ2n) is 11.4. The van der Waals surface area contributed by atoms with Crippen molar-refractivity contribution >= 4 is 11.9 Å². The number of hydrogen-bond acceptors (Lipinski definition) is 8. The second-order valence-corrected chi connectivity index (χ2v) is 11.4. The van der Waals surface area contributed by atoms with Crippen LogP contribution in [-0.2, 0) is 19.1 Å². The Bertz CT molecular complexity index is 1260. The molecule has 240 valence electrons. The van der Waals surface area contributed by atoms with Gasteiger partial charge in [0.15, 0.2) is 11.5 Å². The van der Waals surface area contributed by atoms with Crippen molar-refractivity contribution in [2.24, 2.45) is 5.92 Å². The topological polar surface area (TPSA) is 112 Å². The number of aliphatic hydroxyl groups excluding tert-OH is 2. The molecule has 3 rings (SSSR count). The minimum atomic E-state index is -0.687. The Kier molecular flexibility index (Phi) is 14.5. The van der Waals surface area contributed by atoms with E-state index in [4.69, 9.17) is 29.2 Å². The molecule has 1 saturated carbocycles. The Morgan fingerprint density at radius 1 is 0.773 bits per heavy atom. The monoisotopic (exact) mass is 608 g/mol. The molecule has 0 amide bonds. The summed E-state index contributed by atoms with van der Waals surface area (Å²) >= 11 is 0. The molecule has 1 aliphatic carbocycles. The van der Waals surface area contributed by atoms with Crippen LogP contribution in [0, 0.1) is 12.8 Å². The van der Waals surface area contributed by atoms with Crippen LogP contribution in [0.4, 0.5) is 0 Å². The lowest BCUT2D eigenvalue weighted by Crippen LogP contribution is -2.16. The van der Waals surface area contributed by atoms with Gasteiger partial charge in [-0.2, -0.15) is 0 Å². The highest BCUT2D eigenvalue weighted by Gasteiger charge is 2.23. The Morgan fingerprint density at radius 3 is 1.91 bits per heavy atom. The Balaban J connectivity index is 1.68. The molecule has 2 aromatic carbocycles. The number of rotatable bonds is 18. The van der Waals surface area contributed by atoms with Gasteiger partial charge in [0.2, 0.25) is 0 Å². The fourth-order valence-corrected chi connectivity index (χ4v) is 5.58. The summed E-state index contributed by atoms with van der Waals surface area (Å²) in [5.74, 6) is 0.978. The molecular formula is C36H48O8. The molecule has 0 bridgehead atoms. The zero-order valence-electron chi connectivity index (χ0n) is 26.3. The number of hydrogen-bond donors (Lipinski definition) is 2. The molecule has 1 fully saturated rings. The number of esters is 2. The van der Waals surface area contributed by atoms with Gasteiger partial charge in [-0.25, -0.2) is 9.59 Å². The molecule has 8 nitrogen and oxygen atoms in total. The van der Waals surface area contributed by atoms with E-state index in [1.807, 2.05) is 12.1 Å². The molecular weight excluding hydrogens is 560 g/mol. The lowest BCUT2D eigenvalue weighted by Gasteiger charge is -2.30. The van der Waals surface area contributed by atoms with E-state index >= 15 is 0 Å².